The van der Waals surface area contributed by atoms with Gasteiger partial charge in [-0.15, -0.1) is 22.7 Å². The number of aromatic nitrogens is 1. The quantitative estimate of drug-likeness (QED) is 0.396. The number of carboxylic acids is 1. The summed E-state index contributed by atoms with van der Waals surface area (Å²) in [7, 11) is 0. The average molecular weight is 444 g/mol. The summed E-state index contributed by atoms with van der Waals surface area (Å²) in [5, 5.41) is 17.1. The number of aryl methyl sites for hydroxylation is 1. The summed E-state index contributed by atoms with van der Waals surface area (Å²) < 4.78 is 0. The van der Waals surface area contributed by atoms with E-state index >= 15 is 0 Å². The lowest BCUT2D eigenvalue weighted by Crippen LogP contribution is -2.10. The van der Waals surface area contributed by atoms with E-state index in [1.165, 1.54) is 28.2 Å². The van der Waals surface area contributed by atoms with E-state index in [1.54, 1.807) is 11.4 Å². The van der Waals surface area contributed by atoms with E-state index in [-0.39, 0.29) is 12.3 Å². The van der Waals surface area contributed by atoms with Crippen LogP contribution >= 0.6 is 22.7 Å². The molecule has 0 aliphatic heterocycles. The molecule has 0 atom stereocenters. The van der Waals surface area contributed by atoms with E-state index < -0.39 is 5.97 Å². The number of thiophene rings is 1. The number of thiazole rings is 1. The number of hydrogen-bond donors (Lipinski definition) is 3. The van der Waals surface area contributed by atoms with Crippen molar-refractivity contribution in [2.24, 2.45) is 5.92 Å². The molecule has 0 unspecified atom stereocenters. The zero-order valence-electron chi connectivity index (χ0n) is 17.0. The minimum atomic E-state index is -0.945. The Labute approximate surface area is 184 Å². The summed E-state index contributed by atoms with van der Waals surface area (Å²) in [5.74, 6) is -0.520. The van der Waals surface area contributed by atoms with Gasteiger partial charge >= 0.3 is 5.97 Å². The number of para-hydroxylation sites is 1. The summed E-state index contributed by atoms with van der Waals surface area (Å²) in [6.45, 7) is 5.11. The predicted molar refractivity (Wildman–Crippen MR) is 123 cm³/mol. The summed E-state index contributed by atoms with van der Waals surface area (Å²) in [6.07, 6.45) is 2.03. The third kappa shape index (κ3) is 6.40. The molecule has 0 radical (unpaired) electrons. The van der Waals surface area contributed by atoms with E-state index in [1.807, 2.05) is 12.1 Å². The van der Waals surface area contributed by atoms with Crippen LogP contribution in [0, 0.1) is 5.92 Å². The van der Waals surface area contributed by atoms with Crippen molar-refractivity contribution >= 4 is 45.4 Å². The Morgan fingerprint density at radius 2 is 1.97 bits per heavy atom. The molecule has 0 spiro atoms. The number of hydrogen-bond acceptors (Lipinski definition) is 6. The lowest BCUT2D eigenvalue weighted by Gasteiger charge is -2.12. The maximum atomic E-state index is 12.5. The highest BCUT2D eigenvalue weighted by atomic mass is 32.1. The minimum absolute atomic E-state index is 0.153. The van der Waals surface area contributed by atoms with Crippen LogP contribution < -0.4 is 10.6 Å². The van der Waals surface area contributed by atoms with Gasteiger partial charge in [-0.25, -0.2) is 4.98 Å². The van der Waals surface area contributed by atoms with Crippen molar-refractivity contribution in [3.8, 4) is 0 Å². The molecular weight excluding hydrogens is 418 g/mol. The molecule has 3 aromatic rings. The van der Waals surface area contributed by atoms with Crippen molar-refractivity contribution in [3.05, 3.63) is 62.8 Å². The van der Waals surface area contributed by atoms with E-state index in [0.29, 0.717) is 28.2 Å². The Kier molecular flexibility index (Phi) is 7.59. The van der Waals surface area contributed by atoms with Crippen molar-refractivity contribution in [2.75, 3.05) is 10.6 Å². The zero-order valence-corrected chi connectivity index (χ0v) is 18.6. The number of aliphatic carboxylic acids is 1. The van der Waals surface area contributed by atoms with Gasteiger partial charge in [0.2, 0.25) is 0 Å². The number of rotatable bonds is 10. The van der Waals surface area contributed by atoms with Crippen molar-refractivity contribution < 1.29 is 14.7 Å². The molecule has 30 heavy (non-hydrogen) atoms. The van der Waals surface area contributed by atoms with Crippen LogP contribution in [-0.4, -0.2) is 22.0 Å². The van der Waals surface area contributed by atoms with Crippen molar-refractivity contribution in [3.63, 3.8) is 0 Å². The Hall–Kier alpha value is -2.71. The van der Waals surface area contributed by atoms with Crippen molar-refractivity contribution in [1.29, 1.82) is 0 Å². The van der Waals surface area contributed by atoms with Crippen LogP contribution in [0.15, 0.2) is 41.8 Å². The largest absolute Gasteiger partial charge is 0.481 e. The van der Waals surface area contributed by atoms with Crippen LogP contribution in [-0.2, 0) is 24.2 Å². The third-order valence-electron chi connectivity index (χ3n) is 4.45. The predicted octanol–water partition coefficient (Wildman–Crippen LogP) is 5.28. The SMILES string of the molecule is CC(C)CCc1ccccc1NCc1ccc(C(=O)Nc2nc(CC(=O)O)cs2)s1. The molecule has 0 bridgehead atoms. The normalized spacial score (nSPS) is 10.9. The molecule has 0 saturated heterocycles. The van der Waals surface area contributed by atoms with Crippen LogP contribution in [0.25, 0.3) is 0 Å². The molecule has 2 aromatic heterocycles. The van der Waals surface area contributed by atoms with Crippen LogP contribution in [0.1, 0.15) is 46.1 Å². The van der Waals surface area contributed by atoms with E-state index in [2.05, 4.69) is 47.7 Å². The fourth-order valence-electron chi connectivity index (χ4n) is 2.89. The molecule has 8 heteroatoms. The molecule has 0 aliphatic rings. The van der Waals surface area contributed by atoms with Gasteiger partial charge in [-0.2, -0.15) is 0 Å². The Balaban J connectivity index is 1.57. The summed E-state index contributed by atoms with van der Waals surface area (Å²) in [6, 6.07) is 12.1. The van der Waals surface area contributed by atoms with Gasteiger partial charge in [0.05, 0.1) is 17.0 Å². The topological polar surface area (TPSA) is 91.3 Å². The van der Waals surface area contributed by atoms with Crippen LogP contribution in [0.3, 0.4) is 0 Å². The maximum absolute atomic E-state index is 12.5. The molecule has 158 valence electrons. The monoisotopic (exact) mass is 443 g/mol. The number of amides is 1. The highest BCUT2D eigenvalue weighted by Gasteiger charge is 2.13. The molecular formula is C22H25N3O3S2. The molecule has 1 amide bonds. The molecule has 3 rings (SSSR count). The smallest absolute Gasteiger partial charge is 0.309 e. The van der Waals surface area contributed by atoms with E-state index in [0.717, 1.165) is 23.4 Å². The standard InChI is InChI=1S/C22H25N3O3S2/c1-14(2)7-8-15-5-3-4-6-18(15)23-12-17-9-10-19(30-17)21(28)25-22-24-16(13-29-22)11-20(26)27/h3-6,9-10,13-14,23H,7-8,11-12H2,1-2H3,(H,26,27)(H,24,25,28). The number of benzene rings is 1. The maximum Gasteiger partial charge on any atom is 0.309 e. The number of nitrogens with zero attached hydrogens (tertiary/aromatic N) is 1. The Morgan fingerprint density at radius 3 is 2.73 bits per heavy atom. The van der Waals surface area contributed by atoms with Crippen molar-refractivity contribution in [1.82, 2.24) is 4.98 Å². The summed E-state index contributed by atoms with van der Waals surface area (Å²) in [5.41, 5.74) is 2.88. The first-order valence-corrected chi connectivity index (χ1v) is 11.5. The second-order valence-electron chi connectivity index (χ2n) is 7.38. The van der Waals surface area contributed by atoms with Gasteiger partial charge in [-0.1, -0.05) is 32.0 Å². The molecule has 1 aromatic carbocycles. The molecule has 0 aliphatic carbocycles. The fraction of sp³-hybridized carbons (Fsp3) is 0.318. The van der Waals surface area contributed by atoms with Gasteiger partial charge < -0.3 is 10.4 Å². The number of carbonyl (C=O) groups is 2. The van der Waals surface area contributed by atoms with Gasteiger partial charge in [0.15, 0.2) is 5.13 Å². The molecule has 3 N–H and O–H groups in total. The highest BCUT2D eigenvalue weighted by molar-refractivity contribution is 7.15. The first-order valence-electron chi connectivity index (χ1n) is 9.78. The lowest BCUT2D eigenvalue weighted by molar-refractivity contribution is -0.136. The van der Waals surface area contributed by atoms with Crippen LogP contribution in [0.2, 0.25) is 0 Å². The van der Waals surface area contributed by atoms with Gasteiger partial charge in [-0.05, 0) is 42.5 Å². The van der Waals surface area contributed by atoms with Crippen molar-refractivity contribution in [2.45, 2.75) is 39.7 Å². The number of nitrogens with one attached hydrogen (secondary N) is 2. The first kappa shape index (κ1) is 22.0. The zero-order chi connectivity index (χ0) is 21.5. The van der Waals surface area contributed by atoms with E-state index in [4.69, 9.17) is 5.11 Å². The molecule has 0 saturated carbocycles. The van der Waals surface area contributed by atoms with Gasteiger partial charge in [-0.3, -0.25) is 14.9 Å². The number of carboxylic acid groups (broad SMARTS) is 1. The Morgan fingerprint density at radius 1 is 1.17 bits per heavy atom. The Bertz CT molecular complexity index is 1010. The molecule has 0 fully saturated rings. The van der Waals surface area contributed by atoms with Gasteiger partial charge in [0, 0.05) is 22.5 Å². The highest BCUT2D eigenvalue weighted by Crippen LogP contribution is 2.23. The van der Waals surface area contributed by atoms with E-state index in [9.17, 15) is 9.59 Å². The lowest BCUT2D eigenvalue weighted by atomic mass is 10.0. The summed E-state index contributed by atoms with van der Waals surface area (Å²) >= 11 is 2.65. The molecule has 6 nitrogen and oxygen atoms in total. The van der Waals surface area contributed by atoms with Gasteiger partial charge in [0.25, 0.3) is 5.91 Å². The first-order chi connectivity index (χ1) is 14.4. The molecule has 2 heterocycles. The van der Waals surface area contributed by atoms with Crippen LogP contribution in [0.4, 0.5) is 10.8 Å². The fourth-order valence-corrected chi connectivity index (χ4v) is 4.44. The van der Waals surface area contributed by atoms with Gasteiger partial charge in [0.1, 0.15) is 0 Å². The third-order valence-corrected chi connectivity index (χ3v) is 6.34. The number of anilines is 2. The second-order valence-corrected chi connectivity index (χ2v) is 9.40. The number of carbonyl (C=O) groups excluding carboxylic acids is 1. The summed E-state index contributed by atoms with van der Waals surface area (Å²) in [4.78, 5) is 29.0. The average Bonchev–Trinajstić information content (AvgIpc) is 3.34. The second kappa shape index (κ2) is 10.4. The minimum Gasteiger partial charge on any atom is -0.481 e. The van der Waals surface area contributed by atoms with Crippen LogP contribution in [0.5, 0.6) is 0 Å².